The van der Waals surface area contributed by atoms with Crippen LogP contribution in [0.5, 0.6) is 0 Å². The van der Waals surface area contributed by atoms with E-state index in [1.165, 1.54) is 6.42 Å². The van der Waals surface area contributed by atoms with Crippen molar-refractivity contribution in [3.63, 3.8) is 0 Å². The fourth-order valence-corrected chi connectivity index (χ4v) is 2.09. The summed E-state index contributed by atoms with van der Waals surface area (Å²) in [6.45, 7) is 1.12. The zero-order valence-corrected chi connectivity index (χ0v) is 7.90. The summed E-state index contributed by atoms with van der Waals surface area (Å²) in [4.78, 5) is 11.0. The van der Waals surface area contributed by atoms with Crippen LogP contribution in [0.2, 0.25) is 0 Å². The lowest BCUT2D eigenvalue weighted by Crippen LogP contribution is -2.20. The Balaban J connectivity index is 2.06. The van der Waals surface area contributed by atoms with Gasteiger partial charge in [-0.25, -0.2) is 0 Å². The predicted octanol–water partition coefficient (Wildman–Crippen LogP) is 1.45. The molecule has 0 spiro atoms. The highest BCUT2D eigenvalue weighted by molar-refractivity contribution is 5.75. The summed E-state index contributed by atoms with van der Waals surface area (Å²) in [6.07, 6.45) is 4.48. The SMILES string of the molecule is O=Cc1c2c(nn1C1CCC1)COC2. The van der Waals surface area contributed by atoms with E-state index in [-0.39, 0.29) is 0 Å². The van der Waals surface area contributed by atoms with Crippen molar-refractivity contribution in [2.45, 2.75) is 38.5 Å². The van der Waals surface area contributed by atoms with Gasteiger partial charge in [0.25, 0.3) is 0 Å². The first-order valence-corrected chi connectivity index (χ1v) is 5.03. The van der Waals surface area contributed by atoms with E-state index in [2.05, 4.69) is 5.10 Å². The molecular formula is C10H12N2O2. The van der Waals surface area contributed by atoms with Crippen molar-refractivity contribution < 1.29 is 9.53 Å². The molecule has 0 radical (unpaired) electrons. The first-order chi connectivity index (χ1) is 6.90. The maximum absolute atomic E-state index is 11.0. The molecule has 1 saturated carbocycles. The quantitative estimate of drug-likeness (QED) is 0.666. The number of aldehydes is 1. The standard InChI is InChI=1S/C10H12N2O2/c13-4-10-8-5-14-6-9(8)11-12(10)7-2-1-3-7/h4,7H,1-3,5-6H2. The highest BCUT2D eigenvalue weighted by Gasteiger charge is 2.28. The lowest BCUT2D eigenvalue weighted by atomic mass is 9.93. The number of rotatable bonds is 2. The van der Waals surface area contributed by atoms with Crippen molar-refractivity contribution >= 4 is 6.29 Å². The van der Waals surface area contributed by atoms with Crippen LogP contribution in [0.1, 0.15) is 47.1 Å². The smallest absolute Gasteiger partial charge is 0.168 e. The summed E-state index contributed by atoms with van der Waals surface area (Å²) in [5.74, 6) is 0. The Hall–Kier alpha value is -1.16. The summed E-state index contributed by atoms with van der Waals surface area (Å²) >= 11 is 0. The second-order valence-corrected chi connectivity index (χ2v) is 3.95. The number of carbonyl (C=O) groups excluding carboxylic acids is 1. The van der Waals surface area contributed by atoms with Crippen LogP contribution in [0, 0.1) is 0 Å². The van der Waals surface area contributed by atoms with E-state index < -0.39 is 0 Å². The van der Waals surface area contributed by atoms with Gasteiger partial charge in [0.15, 0.2) is 6.29 Å². The number of fused-ring (bicyclic) bond motifs is 1. The van der Waals surface area contributed by atoms with Crippen LogP contribution in [0.3, 0.4) is 0 Å². The monoisotopic (exact) mass is 192 g/mol. The fourth-order valence-electron chi connectivity index (χ4n) is 2.09. The van der Waals surface area contributed by atoms with Gasteiger partial charge in [-0.2, -0.15) is 5.10 Å². The highest BCUT2D eigenvalue weighted by Crippen LogP contribution is 2.34. The van der Waals surface area contributed by atoms with Gasteiger partial charge in [0.2, 0.25) is 0 Å². The van der Waals surface area contributed by atoms with E-state index in [4.69, 9.17) is 4.74 Å². The number of nitrogens with zero attached hydrogens (tertiary/aromatic N) is 2. The molecule has 0 N–H and O–H groups in total. The van der Waals surface area contributed by atoms with Crippen LogP contribution < -0.4 is 0 Å². The molecule has 1 aromatic heterocycles. The van der Waals surface area contributed by atoms with Crippen molar-refractivity contribution in [1.82, 2.24) is 9.78 Å². The fraction of sp³-hybridized carbons (Fsp3) is 0.600. The number of hydrogen-bond donors (Lipinski definition) is 0. The molecule has 0 unspecified atom stereocenters. The van der Waals surface area contributed by atoms with Crippen molar-refractivity contribution in [3.05, 3.63) is 17.0 Å². The van der Waals surface area contributed by atoms with Crippen LogP contribution in [-0.2, 0) is 18.0 Å². The van der Waals surface area contributed by atoms with Crippen LogP contribution in [-0.4, -0.2) is 16.1 Å². The zero-order chi connectivity index (χ0) is 9.54. The second kappa shape index (κ2) is 2.92. The largest absolute Gasteiger partial charge is 0.370 e. The van der Waals surface area contributed by atoms with E-state index in [9.17, 15) is 4.79 Å². The minimum absolute atomic E-state index is 0.459. The zero-order valence-electron chi connectivity index (χ0n) is 7.90. The Morgan fingerprint density at radius 1 is 1.43 bits per heavy atom. The number of carbonyl (C=O) groups is 1. The van der Waals surface area contributed by atoms with E-state index in [0.717, 1.165) is 36.1 Å². The van der Waals surface area contributed by atoms with Gasteiger partial charge in [0.1, 0.15) is 5.69 Å². The topological polar surface area (TPSA) is 44.1 Å². The first-order valence-electron chi connectivity index (χ1n) is 5.03. The minimum atomic E-state index is 0.459. The third-order valence-corrected chi connectivity index (χ3v) is 3.15. The molecule has 0 atom stereocenters. The van der Waals surface area contributed by atoms with Gasteiger partial charge in [-0.3, -0.25) is 9.48 Å². The molecule has 1 aromatic rings. The van der Waals surface area contributed by atoms with Gasteiger partial charge >= 0.3 is 0 Å². The number of aromatic nitrogens is 2. The summed E-state index contributed by atoms with van der Waals surface area (Å²) in [7, 11) is 0. The van der Waals surface area contributed by atoms with Gasteiger partial charge in [-0.05, 0) is 19.3 Å². The predicted molar refractivity (Wildman–Crippen MR) is 49.0 cm³/mol. The molecule has 2 aliphatic rings. The Labute approximate surface area is 81.9 Å². The maximum Gasteiger partial charge on any atom is 0.168 e. The molecule has 0 saturated heterocycles. The second-order valence-electron chi connectivity index (χ2n) is 3.95. The summed E-state index contributed by atoms with van der Waals surface area (Å²) < 4.78 is 7.16. The molecule has 0 bridgehead atoms. The van der Waals surface area contributed by atoms with E-state index >= 15 is 0 Å². The molecular weight excluding hydrogens is 180 g/mol. The lowest BCUT2D eigenvalue weighted by Gasteiger charge is -2.26. The first kappa shape index (κ1) is 8.17. The molecule has 0 amide bonds. The van der Waals surface area contributed by atoms with Crippen LogP contribution in [0.4, 0.5) is 0 Å². The highest BCUT2D eigenvalue weighted by atomic mass is 16.5. The molecule has 1 fully saturated rings. The van der Waals surface area contributed by atoms with Gasteiger partial charge in [-0.15, -0.1) is 0 Å². The maximum atomic E-state index is 11.0. The van der Waals surface area contributed by atoms with Gasteiger partial charge in [-0.1, -0.05) is 0 Å². The Morgan fingerprint density at radius 3 is 2.93 bits per heavy atom. The number of hydrogen-bond acceptors (Lipinski definition) is 3. The lowest BCUT2D eigenvalue weighted by molar-refractivity contribution is 0.108. The molecule has 1 aliphatic carbocycles. The third-order valence-electron chi connectivity index (χ3n) is 3.15. The Morgan fingerprint density at radius 2 is 2.29 bits per heavy atom. The van der Waals surface area contributed by atoms with Crippen molar-refractivity contribution in [1.29, 1.82) is 0 Å². The van der Waals surface area contributed by atoms with Crippen LogP contribution in [0.15, 0.2) is 0 Å². The normalized spacial score (nSPS) is 20.6. The number of ether oxygens (including phenoxy) is 1. The summed E-state index contributed by atoms with van der Waals surface area (Å²) in [5.41, 5.74) is 2.70. The molecule has 3 rings (SSSR count). The van der Waals surface area contributed by atoms with Gasteiger partial charge in [0, 0.05) is 5.56 Å². The summed E-state index contributed by atoms with van der Waals surface area (Å²) in [6, 6.07) is 0.459. The third kappa shape index (κ3) is 0.973. The van der Waals surface area contributed by atoms with Crippen molar-refractivity contribution in [2.75, 3.05) is 0 Å². The Bertz CT molecular complexity index is 380. The van der Waals surface area contributed by atoms with E-state index in [0.29, 0.717) is 19.3 Å². The molecule has 0 aromatic carbocycles. The molecule has 2 heterocycles. The average molecular weight is 192 g/mol. The molecule has 14 heavy (non-hydrogen) atoms. The molecule has 1 aliphatic heterocycles. The minimum Gasteiger partial charge on any atom is -0.370 e. The van der Waals surface area contributed by atoms with Crippen molar-refractivity contribution in [2.24, 2.45) is 0 Å². The molecule has 4 nitrogen and oxygen atoms in total. The van der Waals surface area contributed by atoms with Crippen molar-refractivity contribution in [3.8, 4) is 0 Å². The average Bonchev–Trinajstić information content (AvgIpc) is 2.60. The summed E-state index contributed by atoms with van der Waals surface area (Å²) in [5, 5.41) is 4.44. The Kier molecular flexibility index (Phi) is 1.70. The van der Waals surface area contributed by atoms with Gasteiger partial charge < -0.3 is 4.74 Å². The van der Waals surface area contributed by atoms with Crippen LogP contribution in [0.25, 0.3) is 0 Å². The van der Waals surface area contributed by atoms with E-state index in [1.54, 1.807) is 0 Å². The van der Waals surface area contributed by atoms with E-state index in [1.807, 2.05) is 4.68 Å². The molecule has 4 heteroatoms. The van der Waals surface area contributed by atoms with Crippen LogP contribution >= 0.6 is 0 Å². The van der Waals surface area contributed by atoms with Gasteiger partial charge in [0.05, 0.1) is 24.9 Å². The molecule has 74 valence electrons.